The summed E-state index contributed by atoms with van der Waals surface area (Å²) in [6, 6.07) is 26.5. The minimum Gasteiger partial charge on any atom is -0.489 e. The number of benzene rings is 3. The summed E-state index contributed by atoms with van der Waals surface area (Å²) in [5, 5.41) is 8.00. The van der Waals surface area contributed by atoms with Crippen molar-refractivity contribution in [2.45, 2.75) is 13.5 Å². The molecule has 0 unspecified atom stereocenters. The Kier molecular flexibility index (Phi) is 6.61. The topological polar surface area (TPSA) is 74.9 Å². The van der Waals surface area contributed by atoms with Crippen molar-refractivity contribution >= 4 is 29.0 Å². The Morgan fingerprint density at radius 2 is 1.57 bits per heavy atom. The number of nitrogens with zero attached hydrogens (tertiary/aromatic N) is 5. The smallest absolute Gasteiger partial charge is 0.327 e. The third-order valence-electron chi connectivity index (χ3n) is 6.08. The molecule has 0 spiro atoms. The molecule has 5 rings (SSSR count). The van der Waals surface area contributed by atoms with E-state index in [9.17, 15) is 4.79 Å². The van der Waals surface area contributed by atoms with Gasteiger partial charge in [-0.05, 0) is 54.1 Å². The first-order chi connectivity index (χ1) is 17.2. The minimum atomic E-state index is 0.131. The third-order valence-corrected chi connectivity index (χ3v) is 6.08. The molecule has 4 aromatic rings. The highest BCUT2D eigenvalue weighted by molar-refractivity contribution is 5.74. The van der Waals surface area contributed by atoms with E-state index in [2.05, 4.69) is 27.2 Å². The molecule has 1 aromatic heterocycles. The Labute approximate surface area is 204 Å². The van der Waals surface area contributed by atoms with Crippen LogP contribution in [0.15, 0.2) is 89.7 Å². The van der Waals surface area contributed by atoms with Gasteiger partial charge in [0.15, 0.2) is 0 Å². The molecule has 0 radical (unpaired) electrons. The lowest BCUT2D eigenvalue weighted by Gasteiger charge is -2.35. The van der Waals surface area contributed by atoms with Gasteiger partial charge >= 0.3 is 6.01 Å². The predicted octanol–water partition coefficient (Wildman–Crippen LogP) is 4.79. The van der Waals surface area contributed by atoms with Crippen LogP contribution in [-0.4, -0.2) is 47.2 Å². The van der Waals surface area contributed by atoms with Crippen LogP contribution in [0.3, 0.4) is 0 Å². The molecule has 35 heavy (non-hydrogen) atoms. The molecule has 2 heterocycles. The molecule has 1 amide bonds. The Balaban J connectivity index is 1.31. The molecule has 0 bridgehead atoms. The van der Waals surface area contributed by atoms with Gasteiger partial charge in [-0.2, -0.15) is 0 Å². The maximum Gasteiger partial charge on any atom is 0.327 e. The number of hydrogen-bond acceptors (Lipinski definition) is 7. The Bertz CT molecular complexity index is 1220. The van der Waals surface area contributed by atoms with E-state index in [1.54, 1.807) is 6.92 Å². The standard InChI is InChI=1S/C27H27N5O3/c1-21(33)30-15-17-31(18-16-30)23-7-9-24(10-8-23)32(27-29-28-20-35-27)25-11-13-26(14-12-25)34-19-22-5-3-2-4-6-22/h2-14,20H,15-19H2,1H3. The van der Waals surface area contributed by atoms with Crippen LogP contribution in [0.25, 0.3) is 0 Å². The quantitative estimate of drug-likeness (QED) is 0.385. The fraction of sp³-hybridized carbons (Fsp3) is 0.222. The SMILES string of the molecule is CC(=O)N1CCN(c2ccc(N(c3ccc(OCc4ccccc4)cc3)c3nnco3)cc2)CC1. The summed E-state index contributed by atoms with van der Waals surface area (Å²) < 4.78 is 11.5. The van der Waals surface area contributed by atoms with Crippen LogP contribution in [-0.2, 0) is 11.4 Å². The van der Waals surface area contributed by atoms with E-state index in [-0.39, 0.29) is 5.91 Å². The van der Waals surface area contributed by atoms with Crippen LogP contribution in [0.2, 0.25) is 0 Å². The van der Waals surface area contributed by atoms with E-state index >= 15 is 0 Å². The lowest BCUT2D eigenvalue weighted by molar-refractivity contribution is -0.129. The fourth-order valence-corrected chi connectivity index (χ4v) is 4.16. The molecule has 8 heteroatoms. The second-order valence-corrected chi connectivity index (χ2v) is 8.33. The Hall–Kier alpha value is -4.33. The van der Waals surface area contributed by atoms with Crippen molar-refractivity contribution < 1.29 is 13.9 Å². The third kappa shape index (κ3) is 5.27. The maximum atomic E-state index is 11.6. The zero-order chi connectivity index (χ0) is 24.0. The molecule has 1 saturated heterocycles. The predicted molar refractivity (Wildman–Crippen MR) is 134 cm³/mol. The van der Waals surface area contributed by atoms with Crippen LogP contribution < -0.4 is 14.5 Å². The van der Waals surface area contributed by atoms with Gasteiger partial charge < -0.3 is 19.0 Å². The van der Waals surface area contributed by atoms with E-state index in [4.69, 9.17) is 9.15 Å². The number of aromatic nitrogens is 2. The summed E-state index contributed by atoms with van der Waals surface area (Å²) in [5.41, 5.74) is 4.02. The molecule has 0 saturated carbocycles. The van der Waals surface area contributed by atoms with E-state index in [1.807, 2.05) is 76.5 Å². The normalized spacial score (nSPS) is 13.5. The summed E-state index contributed by atoms with van der Waals surface area (Å²) >= 11 is 0. The van der Waals surface area contributed by atoms with Crippen molar-refractivity contribution in [2.24, 2.45) is 0 Å². The largest absolute Gasteiger partial charge is 0.489 e. The van der Waals surface area contributed by atoms with Gasteiger partial charge in [-0.1, -0.05) is 35.4 Å². The van der Waals surface area contributed by atoms with Crippen molar-refractivity contribution in [1.29, 1.82) is 0 Å². The van der Waals surface area contributed by atoms with Crippen molar-refractivity contribution in [3.63, 3.8) is 0 Å². The number of ether oxygens (including phenoxy) is 1. The van der Waals surface area contributed by atoms with E-state index in [1.165, 1.54) is 6.39 Å². The van der Waals surface area contributed by atoms with Crippen molar-refractivity contribution in [2.75, 3.05) is 36.0 Å². The van der Waals surface area contributed by atoms with Crippen molar-refractivity contribution in [3.05, 3.63) is 90.8 Å². The van der Waals surface area contributed by atoms with Gasteiger partial charge in [-0.3, -0.25) is 9.69 Å². The van der Waals surface area contributed by atoms with Gasteiger partial charge in [0.25, 0.3) is 0 Å². The van der Waals surface area contributed by atoms with Gasteiger partial charge in [-0.15, -0.1) is 5.10 Å². The molecular formula is C27H27N5O3. The van der Waals surface area contributed by atoms with Crippen molar-refractivity contribution in [1.82, 2.24) is 15.1 Å². The monoisotopic (exact) mass is 469 g/mol. The Morgan fingerprint density at radius 3 is 2.17 bits per heavy atom. The van der Waals surface area contributed by atoms with Gasteiger partial charge in [0.05, 0.1) is 11.4 Å². The molecule has 1 aliphatic rings. The molecule has 8 nitrogen and oxygen atoms in total. The minimum absolute atomic E-state index is 0.131. The van der Waals surface area contributed by atoms with Crippen LogP contribution in [0.5, 0.6) is 5.75 Å². The van der Waals surface area contributed by atoms with Crippen LogP contribution >= 0.6 is 0 Å². The molecule has 3 aromatic carbocycles. The highest BCUT2D eigenvalue weighted by atomic mass is 16.5. The second-order valence-electron chi connectivity index (χ2n) is 8.33. The number of carbonyl (C=O) groups is 1. The number of rotatable bonds is 7. The van der Waals surface area contributed by atoms with Crippen LogP contribution in [0.1, 0.15) is 12.5 Å². The first kappa shape index (κ1) is 22.5. The fourth-order valence-electron chi connectivity index (χ4n) is 4.16. The van der Waals surface area contributed by atoms with Gasteiger partial charge in [0.2, 0.25) is 12.3 Å². The molecule has 0 N–H and O–H groups in total. The van der Waals surface area contributed by atoms with E-state index < -0.39 is 0 Å². The number of piperazine rings is 1. The van der Waals surface area contributed by atoms with E-state index in [0.717, 1.165) is 54.6 Å². The van der Waals surface area contributed by atoms with E-state index in [0.29, 0.717) is 12.6 Å². The summed E-state index contributed by atoms with van der Waals surface area (Å²) in [5.74, 6) is 0.912. The first-order valence-electron chi connectivity index (χ1n) is 11.6. The zero-order valence-electron chi connectivity index (χ0n) is 19.6. The zero-order valence-corrected chi connectivity index (χ0v) is 19.6. The second kappa shape index (κ2) is 10.3. The molecule has 1 fully saturated rings. The number of anilines is 4. The first-order valence-corrected chi connectivity index (χ1v) is 11.6. The molecular weight excluding hydrogens is 442 g/mol. The van der Waals surface area contributed by atoms with Gasteiger partial charge in [0.1, 0.15) is 12.4 Å². The summed E-state index contributed by atoms with van der Waals surface area (Å²) in [7, 11) is 0. The van der Waals surface area contributed by atoms with Gasteiger partial charge in [-0.25, -0.2) is 0 Å². The van der Waals surface area contributed by atoms with Crippen molar-refractivity contribution in [3.8, 4) is 5.75 Å². The lowest BCUT2D eigenvalue weighted by Crippen LogP contribution is -2.48. The summed E-state index contributed by atoms with van der Waals surface area (Å²) in [4.78, 5) is 17.7. The summed E-state index contributed by atoms with van der Waals surface area (Å²) in [6.07, 6.45) is 1.32. The molecule has 178 valence electrons. The average Bonchev–Trinajstić information content (AvgIpc) is 3.44. The number of hydrogen-bond donors (Lipinski definition) is 0. The van der Waals surface area contributed by atoms with Gasteiger partial charge in [0, 0.05) is 38.8 Å². The number of amides is 1. The lowest BCUT2D eigenvalue weighted by atomic mass is 10.2. The maximum absolute atomic E-state index is 11.6. The van der Waals surface area contributed by atoms with Crippen LogP contribution in [0.4, 0.5) is 23.1 Å². The molecule has 0 aliphatic carbocycles. The highest BCUT2D eigenvalue weighted by Crippen LogP contribution is 2.35. The van der Waals surface area contributed by atoms with Crippen LogP contribution in [0, 0.1) is 0 Å². The highest BCUT2D eigenvalue weighted by Gasteiger charge is 2.20. The number of carbonyl (C=O) groups excluding carboxylic acids is 1. The average molecular weight is 470 g/mol. The molecule has 0 atom stereocenters. The summed E-state index contributed by atoms with van der Waals surface area (Å²) in [6.45, 7) is 5.25. The molecule has 1 aliphatic heterocycles. The Morgan fingerprint density at radius 1 is 0.914 bits per heavy atom.